The van der Waals surface area contributed by atoms with E-state index in [0.29, 0.717) is 0 Å². The first kappa shape index (κ1) is 15.6. The molecule has 0 spiro atoms. The van der Waals surface area contributed by atoms with Crippen molar-refractivity contribution < 1.29 is 4.74 Å². The molecule has 6 heteroatoms. The molecule has 2 aromatic rings. The van der Waals surface area contributed by atoms with Gasteiger partial charge in [0.1, 0.15) is 5.75 Å². The molecule has 112 valence electrons. The van der Waals surface area contributed by atoms with E-state index in [2.05, 4.69) is 22.2 Å². The van der Waals surface area contributed by atoms with E-state index in [4.69, 9.17) is 4.74 Å². The molecule has 1 aromatic carbocycles. The van der Waals surface area contributed by atoms with Crippen molar-refractivity contribution in [1.82, 2.24) is 14.9 Å². The zero-order valence-corrected chi connectivity index (χ0v) is 13.4. The molecule has 0 aliphatic heterocycles. The summed E-state index contributed by atoms with van der Waals surface area (Å²) >= 11 is 1.52. The second-order valence-electron chi connectivity index (χ2n) is 4.56. The van der Waals surface area contributed by atoms with Crippen LogP contribution in [0.2, 0.25) is 0 Å². The van der Waals surface area contributed by atoms with Gasteiger partial charge in [-0.3, -0.25) is 0 Å². The molecular weight excluding hydrogens is 284 g/mol. The molecule has 0 atom stereocenters. The second kappa shape index (κ2) is 7.83. The Morgan fingerprint density at radius 1 is 1.38 bits per heavy atom. The molecule has 0 N–H and O–H groups in total. The number of rotatable bonds is 7. The molecule has 1 heterocycles. The van der Waals surface area contributed by atoms with Gasteiger partial charge in [0.15, 0.2) is 5.82 Å². The van der Waals surface area contributed by atoms with E-state index in [9.17, 15) is 0 Å². The minimum absolute atomic E-state index is 0.748. The van der Waals surface area contributed by atoms with E-state index in [1.54, 1.807) is 10.9 Å². The average Bonchev–Trinajstić information content (AvgIpc) is 2.86. The van der Waals surface area contributed by atoms with E-state index >= 15 is 0 Å². The Balaban J connectivity index is 2.10. The highest BCUT2D eigenvalue weighted by Crippen LogP contribution is 2.15. The average molecular weight is 304 g/mol. The highest BCUT2D eigenvalue weighted by molar-refractivity contribution is 7.98. The van der Waals surface area contributed by atoms with E-state index in [1.807, 2.05) is 37.4 Å². The number of hydrogen-bond donors (Lipinski definition) is 0. The molecule has 0 fully saturated rings. The summed E-state index contributed by atoms with van der Waals surface area (Å²) in [5.74, 6) is 1.64. The van der Waals surface area contributed by atoms with Gasteiger partial charge in [-0.25, -0.2) is 0 Å². The lowest BCUT2D eigenvalue weighted by atomic mass is 10.2. The SMILES string of the molecule is CCCCOc1cccc(/C=N\n2c(C)nnc2SC)c1. The number of thioether (sulfide) groups is 1. The lowest BCUT2D eigenvalue weighted by Crippen LogP contribution is -1.98. The molecule has 0 amide bonds. The van der Waals surface area contributed by atoms with Crippen LogP contribution in [0.3, 0.4) is 0 Å². The summed E-state index contributed by atoms with van der Waals surface area (Å²) in [7, 11) is 0. The number of hydrogen-bond acceptors (Lipinski definition) is 5. The Bertz CT molecular complexity index is 609. The van der Waals surface area contributed by atoms with Gasteiger partial charge in [0.05, 0.1) is 12.8 Å². The van der Waals surface area contributed by atoms with E-state index < -0.39 is 0 Å². The van der Waals surface area contributed by atoms with Crippen LogP contribution in [0.25, 0.3) is 0 Å². The van der Waals surface area contributed by atoms with Gasteiger partial charge >= 0.3 is 0 Å². The fraction of sp³-hybridized carbons (Fsp3) is 0.400. The summed E-state index contributed by atoms with van der Waals surface area (Å²) < 4.78 is 7.43. The fourth-order valence-electron chi connectivity index (χ4n) is 1.74. The van der Waals surface area contributed by atoms with Crippen LogP contribution in [0.4, 0.5) is 0 Å². The molecule has 0 aliphatic carbocycles. The number of unbranched alkanes of at least 4 members (excludes halogenated alkanes) is 1. The zero-order chi connectivity index (χ0) is 15.1. The first-order chi connectivity index (χ1) is 10.2. The Morgan fingerprint density at radius 3 is 3.00 bits per heavy atom. The number of nitrogens with zero attached hydrogens (tertiary/aromatic N) is 4. The fourth-order valence-corrected chi connectivity index (χ4v) is 2.22. The molecule has 0 bridgehead atoms. The van der Waals surface area contributed by atoms with Crippen LogP contribution in [-0.2, 0) is 0 Å². The maximum Gasteiger partial charge on any atom is 0.211 e. The van der Waals surface area contributed by atoms with Crippen LogP contribution >= 0.6 is 11.8 Å². The molecule has 0 unspecified atom stereocenters. The molecule has 5 nitrogen and oxygen atoms in total. The monoisotopic (exact) mass is 304 g/mol. The highest BCUT2D eigenvalue weighted by Gasteiger charge is 2.05. The third kappa shape index (κ3) is 4.32. The molecule has 1 aromatic heterocycles. The van der Waals surface area contributed by atoms with Crippen LogP contribution < -0.4 is 4.74 Å². The quantitative estimate of drug-likeness (QED) is 0.447. The van der Waals surface area contributed by atoms with Gasteiger partial charge in [0.25, 0.3) is 0 Å². The third-order valence-corrected chi connectivity index (χ3v) is 3.52. The summed E-state index contributed by atoms with van der Waals surface area (Å²) in [6.45, 7) is 4.78. The Morgan fingerprint density at radius 2 is 2.24 bits per heavy atom. The van der Waals surface area contributed by atoms with E-state index in [-0.39, 0.29) is 0 Å². The van der Waals surface area contributed by atoms with Gasteiger partial charge in [-0.05, 0) is 37.3 Å². The minimum atomic E-state index is 0.748. The van der Waals surface area contributed by atoms with Crippen molar-refractivity contribution in [2.75, 3.05) is 12.9 Å². The van der Waals surface area contributed by atoms with Crippen molar-refractivity contribution in [3.05, 3.63) is 35.7 Å². The van der Waals surface area contributed by atoms with E-state index in [0.717, 1.165) is 41.7 Å². The number of aromatic nitrogens is 3. The Labute approximate surface area is 129 Å². The van der Waals surface area contributed by atoms with Crippen LogP contribution in [0.15, 0.2) is 34.5 Å². The standard InChI is InChI=1S/C15H20N4OS/c1-4-5-9-20-14-8-6-7-13(10-14)11-16-19-12(2)17-18-15(19)21-3/h6-8,10-11H,4-5,9H2,1-3H3/b16-11-. The molecule has 21 heavy (non-hydrogen) atoms. The smallest absolute Gasteiger partial charge is 0.211 e. The van der Waals surface area contributed by atoms with Gasteiger partial charge < -0.3 is 4.74 Å². The van der Waals surface area contributed by atoms with Crippen LogP contribution in [0.1, 0.15) is 31.2 Å². The highest BCUT2D eigenvalue weighted by atomic mass is 32.2. The summed E-state index contributed by atoms with van der Waals surface area (Å²) in [6, 6.07) is 7.91. The lowest BCUT2D eigenvalue weighted by molar-refractivity contribution is 0.309. The van der Waals surface area contributed by atoms with Crippen LogP contribution in [0, 0.1) is 6.92 Å². The molecule has 2 rings (SSSR count). The second-order valence-corrected chi connectivity index (χ2v) is 5.34. The van der Waals surface area contributed by atoms with Crippen molar-refractivity contribution in [1.29, 1.82) is 0 Å². The Hall–Kier alpha value is -1.82. The van der Waals surface area contributed by atoms with Crippen molar-refractivity contribution in [2.45, 2.75) is 31.8 Å². The maximum absolute atomic E-state index is 5.70. The maximum atomic E-state index is 5.70. The largest absolute Gasteiger partial charge is 0.494 e. The van der Waals surface area contributed by atoms with Gasteiger partial charge in [0, 0.05) is 0 Å². The topological polar surface area (TPSA) is 52.3 Å². The van der Waals surface area contributed by atoms with Crippen molar-refractivity contribution in [3.8, 4) is 5.75 Å². The van der Waals surface area contributed by atoms with Crippen molar-refractivity contribution >= 4 is 18.0 Å². The van der Waals surface area contributed by atoms with Gasteiger partial charge in [-0.2, -0.15) is 9.78 Å². The summed E-state index contributed by atoms with van der Waals surface area (Å²) in [5, 5.41) is 13.3. The Kier molecular flexibility index (Phi) is 5.80. The predicted molar refractivity (Wildman–Crippen MR) is 86.4 cm³/mol. The summed E-state index contributed by atoms with van der Waals surface area (Å²) in [5.41, 5.74) is 0.990. The van der Waals surface area contributed by atoms with Crippen molar-refractivity contribution in [2.24, 2.45) is 5.10 Å². The summed E-state index contributed by atoms with van der Waals surface area (Å²) in [4.78, 5) is 0. The van der Waals surface area contributed by atoms with Gasteiger partial charge in [0.2, 0.25) is 5.16 Å². The first-order valence-corrected chi connectivity index (χ1v) is 8.20. The summed E-state index contributed by atoms with van der Waals surface area (Å²) in [6.07, 6.45) is 5.95. The first-order valence-electron chi connectivity index (χ1n) is 6.97. The number of ether oxygens (including phenoxy) is 1. The molecule has 0 radical (unpaired) electrons. The number of aryl methyl sites for hydroxylation is 1. The molecule has 0 saturated heterocycles. The molecular formula is C15H20N4OS. The molecule has 0 saturated carbocycles. The molecule has 0 aliphatic rings. The normalized spacial score (nSPS) is 11.2. The van der Waals surface area contributed by atoms with Crippen molar-refractivity contribution in [3.63, 3.8) is 0 Å². The van der Waals surface area contributed by atoms with E-state index in [1.165, 1.54) is 11.8 Å². The van der Waals surface area contributed by atoms with Gasteiger partial charge in [-0.15, -0.1) is 10.2 Å². The minimum Gasteiger partial charge on any atom is -0.494 e. The van der Waals surface area contributed by atoms with Crippen LogP contribution in [-0.4, -0.2) is 34.0 Å². The zero-order valence-electron chi connectivity index (χ0n) is 12.6. The van der Waals surface area contributed by atoms with Gasteiger partial charge in [-0.1, -0.05) is 37.2 Å². The third-order valence-electron chi connectivity index (χ3n) is 2.90. The lowest BCUT2D eigenvalue weighted by Gasteiger charge is -2.05. The number of benzene rings is 1. The predicted octanol–water partition coefficient (Wildman–Crippen LogP) is 3.37. The van der Waals surface area contributed by atoms with Crippen LogP contribution in [0.5, 0.6) is 5.75 Å².